The minimum absolute atomic E-state index is 0.109. The minimum Gasteiger partial charge on any atom is -0.393 e. The first-order valence-electron chi connectivity index (χ1n) is 6.07. The normalized spacial score (nSPS) is 15.6. The van der Waals surface area contributed by atoms with E-state index in [2.05, 4.69) is 0 Å². The number of hydrogen-bond acceptors (Lipinski definition) is 3. The number of hydrogen-bond donors (Lipinski definition) is 1. The number of sulfonamides is 1. The molecule has 0 bridgehead atoms. The van der Waals surface area contributed by atoms with Crippen molar-refractivity contribution in [2.75, 3.05) is 6.54 Å². The molecule has 0 saturated heterocycles. The SMILES string of the molecule is NC(=S)CCN(C1CC1)S(=O)(=O)c1ccc(F)c(F)c1. The molecule has 1 saturated carbocycles. The van der Waals surface area contributed by atoms with E-state index in [0.717, 1.165) is 25.0 Å². The third-order valence-corrected chi connectivity index (χ3v) is 5.18. The summed E-state index contributed by atoms with van der Waals surface area (Å²) < 4.78 is 52.2. The summed E-state index contributed by atoms with van der Waals surface area (Å²) in [6.07, 6.45) is 1.76. The van der Waals surface area contributed by atoms with Crippen LogP contribution >= 0.6 is 12.2 Å². The Morgan fingerprint density at radius 2 is 2.00 bits per heavy atom. The molecule has 0 aromatic heterocycles. The van der Waals surface area contributed by atoms with Crippen LogP contribution in [0.1, 0.15) is 19.3 Å². The number of benzene rings is 1. The summed E-state index contributed by atoms with van der Waals surface area (Å²) in [5.74, 6) is -2.26. The molecule has 8 heteroatoms. The molecule has 0 atom stereocenters. The molecule has 2 rings (SSSR count). The monoisotopic (exact) mass is 320 g/mol. The summed E-state index contributed by atoms with van der Waals surface area (Å²) >= 11 is 4.75. The zero-order chi connectivity index (χ0) is 14.9. The molecule has 0 unspecified atom stereocenters. The second kappa shape index (κ2) is 5.71. The van der Waals surface area contributed by atoms with Crippen molar-refractivity contribution in [2.24, 2.45) is 5.73 Å². The van der Waals surface area contributed by atoms with Gasteiger partial charge in [0.1, 0.15) is 0 Å². The van der Waals surface area contributed by atoms with Gasteiger partial charge in [0.05, 0.1) is 9.88 Å². The summed E-state index contributed by atoms with van der Waals surface area (Å²) in [5.41, 5.74) is 5.39. The zero-order valence-electron chi connectivity index (χ0n) is 10.6. The highest BCUT2D eigenvalue weighted by Gasteiger charge is 2.38. The van der Waals surface area contributed by atoms with Gasteiger partial charge in [0, 0.05) is 19.0 Å². The van der Waals surface area contributed by atoms with Crippen molar-refractivity contribution in [3.63, 3.8) is 0 Å². The van der Waals surface area contributed by atoms with Crippen molar-refractivity contribution < 1.29 is 17.2 Å². The molecule has 1 fully saturated rings. The number of nitrogens with zero attached hydrogens (tertiary/aromatic N) is 1. The van der Waals surface area contributed by atoms with Gasteiger partial charge in [0.15, 0.2) is 11.6 Å². The average Bonchev–Trinajstić information content (AvgIpc) is 3.16. The first kappa shape index (κ1) is 15.3. The van der Waals surface area contributed by atoms with Gasteiger partial charge in [-0.3, -0.25) is 0 Å². The van der Waals surface area contributed by atoms with Gasteiger partial charge in [-0.1, -0.05) is 12.2 Å². The first-order valence-corrected chi connectivity index (χ1v) is 7.92. The molecule has 1 aliphatic carbocycles. The van der Waals surface area contributed by atoms with Crippen LogP contribution < -0.4 is 5.73 Å². The molecule has 1 aliphatic rings. The Labute approximate surface area is 121 Å². The molecular weight excluding hydrogens is 306 g/mol. The van der Waals surface area contributed by atoms with Gasteiger partial charge in [0.2, 0.25) is 10.0 Å². The lowest BCUT2D eigenvalue weighted by Gasteiger charge is -2.21. The first-order chi connectivity index (χ1) is 9.32. The van der Waals surface area contributed by atoms with E-state index in [1.807, 2.05) is 0 Å². The van der Waals surface area contributed by atoms with Gasteiger partial charge in [-0.05, 0) is 31.0 Å². The van der Waals surface area contributed by atoms with Crippen molar-refractivity contribution in [1.29, 1.82) is 0 Å². The topological polar surface area (TPSA) is 63.4 Å². The summed E-state index contributed by atoms with van der Waals surface area (Å²) in [4.78, 5) is -0.0395. The Morgan fingerprint density at radius 1 is 1.35 bits per heavy atom. The standard InChI is InChI=1S/C12H14F2N2O2S2/c13-10-4-3-9(7-11(10)14)20(17,18)16(8-1-2-8)6-5-12(15)19/h3-4,7-8H,1-2,5-6H2,(H2,15,19). The maximum atomic E-state index is 13.2. The van der Waals surface area contributed by atoms with Crippen LogP contribution in [-0.2, 0) is 10.0 Å². The molecule has 0 aliphatic heterocycles. The van der Waals surface area contributed by atoms with Crippen LogP contribution in [0, 0.1) is 11.6 Å². The summed E-state index contributed by atoms with van der Waals surface area (Å²) in [7, 11) is -3.86. The maximum absolute atomic E-state index is 13.2. The molecule has 110 valence electrons. The fraction of sp³-hybridized carbons (Fsp3) is 0.417. The van der Waals surface area contributed by atoms with E-state index in [9.17, 15) is 17.2 Å². The molecular formula is C12H14F2N2O2S2. The van der Waals surface area contributed by atoms with Crippen LogP contribution in [0.5, 0.6) is 0 Å². The maximum Gasteiger partial charge on any atom is 0.243 e. The molecule has 0 amide bonds. The van der Waals surface area contributed by atoms with Crippen LogP contribution in [0.2, 0.25) is 0 Å². The van der Waals surface area contributed by atoms with Crippen LogP contribution in [0.3, 0.4) is 0 Å². The van der Waals surface area contributed by atoms with Gasteiger partial charge < -0.3 is 5.73 Å². The molecule has 0 spiro atoms. The molecule has 2 N–H and O–H groups in total. The number of halogens is 2. The van der Waals surface area contributed by atoms with Gasteiger partial charge >= 0.3 is 0 Å². The van der Waals surface area contributed by atoms with Crippen LogP contribution in [0.15, 0.2) is 23.1 Å². The van der Waals surface area contributed by atoms with E-state index >= 15 is 0 Å². The van der Waals surface area contributed by atoms with Gasteiger partial charge in [-0.25, -0.2) is 17.2 Å². The molecule has 0 heterocycles. The number of thiocarbonyl (C=S) groups is 1. The van der Waals surface area contributed by atoms with E-state index in [1.165, 1.54) is 4.31 Å². The summed E-state index contributed by atoms with van der Waals surface area (Å²) in [6, 6.07) is 2.45. The predicted molar refractivity (Wildman–Crippen MR) is 74.7 cm³/mol. The molecule has 4 nitrogen and oxygen atoms in total. The van der Waals surface area contributed by atoms with Crippen molar-refractivity contribution in [3.8, 4) is 0 Å². The fourth-order valence-electron chi connectivity index (χ4n) is 1.85. The van der Waals surface area contributed by atoms with E-state index in [0.29, 0.717) is 6.07 Å². The fourth-order valence-corrected chi connectivity index (χ4v) is 3.64. The van der Waals surface area contributed by atoms with Crippen LogP contribution in [0.25, 0.3) is 0 Å². The van der Waals surface area contributed by atoms with Gasteiger partial charge in [0.25, 0.3) is 0 Å². The smallest absolute Gasteiger partial charge is 0.243 e. The minimum atomic E-state index is -3.86. The lowest BCUT2D eigenvalue weighted by Crippen LogP contribution is -2.35. The lowest BCUT2D eigenvalue weighted by atomic mass is 10.3. The second-order valence-corrected chi connectivity index (χ2v) is 7.05. The van der Waals surface area contributed by atoms with Gasteiger partial charge in [-0.2, -0.15) is 4.31 Å². The van der Waals surface area contributed by atoms with Crippen molar-refractivity contribution in [2.45, 2.75) is 30.2 Å². The van der Waals surface area contributed by atoms with Gasteiger partial charge in [-0.15, -0.1) is 0 Å². The molecule has 20 heavy (non-hydrogen) atoms. The lowest BCUT2D eigenvalue weighted by molar-refractivity contribution is 0.412. The Bertz CT molecular complexity index is 630. The van der Waals surface area contributed by atoms with Crippen molar-refractivity contribution in [3.05, 3.63) is 29.8 Å². The van der Waals surface area contributed by atoms with E-state index in [1.54, 1.807) is 0 Å². The van der Waals surface area contributed by atoms with E-state index in [-0.39, 0.29) is 28.9 Å². The second-order valence-electron chi connectivity index (χ2n) is 4.64. The quantitative estimate of drug-likeness (QED) is 0.812. The number of nitrogens with two attached hydrogens (primary N) is 1. The summed E-state index contributed by atoms with van der Waals surface area (Å²) in [5, 5.41) is 0. The van der Waals surface area contributed by atoms with Crippen molar-refractivity contribution in [1.82, 2.24) is 4.31 Å². The molecule has 0 radical (unpaired) electrons. The number of rotatable bonds is 6. The average molecular weight is 320 g/mol. The molecule has 1 aromatic rings. The Kier molecular flexibility index (Phi) is 4.36. The highest BCUT2D eigenvalue weighted by Crippen LogP contribution is 2.32. The zero-order valence-corrected chi connectivity index (χ0v) is 12.2. The predicted octanol–water partition coefficient (Wildman–Crippen LogP) is 1.79. The van der Waals surface area contributed by atoms with Crippen LogP contribution in [-0.4, -0.2) is 30.3 Å². The van der Waals surface area contributed by atoms with Crippen molar-refractivity contribution >= 4 is 27.2 Å². The largest absolute Gasteiger partial charge is 0.393 e. The van der Waals surface area contributed by atoms with E-state index < -0.39 is 21.7 Å². The van der Waals surface area contributed by atoms with Crippen LogP contribution in [0.4, 0.5) is 8.78 Å². The Hall–Kier alpha value is -1.12. The molecule has 1 aromatic carbocycles. The highest BCUT2D eigenvalue weighted by atomic mass is 32.2. The summed E-state index contributed by atoms with van der Waals surface area (Å²) in [6.45, 7) is 0.154. The van der Waals surface area contributed by atoms with E-state index in [4.69, 9.17) is 18.0 Å². The Morgan fingerprint density at radius 3 is 2.50 bits per heavy atom. The third kappa shape index (κ3) is 3.31. The highest BCUT2D eigenvalue weighted by molar-refractivity contribution is 7.89. The Balaban J connectivity index is 2.29. The third-order valence-electron chi connectivity index (χ3n) is 3.03.